The predicted molar refractivity (Wildman–Crippen MR) is 172 cm³/mol. The third-order valence-electron chi connectivity index (χ3n) is 7.29. The third-order valence-corrected chi connectivity index (χ3v) is 7.29. The lowest BCUT2D eigenvalue weighted by Gasteiger charge is -2.29. The number of piperidine rings is 1. The molecule has 0 spiro atoms. The SMILES string of the molecule is C=CC.CCc1ccccc1NC(=O)c1ccc(-c2ccc(NC(=O)c3oc(N4CCCC(C)C4)nc3C(F)(F)F)cc2)cc1. The lowest BCUT2D eigenvalue weighted by molar-refractivity contribution is -0.141. The molecule has 4 aromatic rings. The molecule has 45 heavy (non-hydrogen) atoms. The van der Waals surface area contributed by atoms with Crippen molar-refractivity contribution in [3.8, 4) is 11.1 Å². The Morgan fingerprint density at radius 2 is 1.62 bits per heavy atom. The number of para-hydroxylation sites is 1. The van der Waals surface area contributed by atoms with Crippen molar-refractivity contribution in [2.75, 3.05) is 28.6 Å². The summed E-state index contributed by atoms with van der Waals surface area (Å²) in [5.74, 6) is -1.83. The van der Waals surface area contributed by atoms with Gasteiger partial charge in [-0.2, -0.15) is 18.2 Å². The molecule has 3 aromatic carbocycles. The highest BCUT2D eigenvalue weighted by Gasteiger charge is 2.42. The fraction of sp³-hybridized carbons (Fsp3) is 0.286. The maximum absolute atomic E-state index is 13.7. The molecule has 0 bridgehead atoms. The van der Waals surface area contributed by atoms with Crippen LogP contribution in [0.25, 0.3) is 11.1 Å². The Kier molecular flexibility index (Phi) is 10.8. The first kappa shape index (κ1) is 33.0. The number of benzene rings is 3. The maximum atomic E-state index is 13.7. The van der Waals surface area contributed by atoms with Crippen LogP contribution in [0.3, 0.4) is 0 Å². The van der Waals surface area contributed by atoms with E-state index in [9.17, 15) is 22.8 Å². The number of halogens is 3. The molecule has 10 heteroatoms. The Morgan fingerprint density at radius 3 is 2.22 bits per heavy atom. The fourth-order valence-corrected chi connectivity index (χ4v) is 5.05. The number of allylic oxidation sites excluding steroid dienone is 1. The number of alkyl halides is 3. The van der Waals surface area contributed by atoms with Gasteiger partial charge in [-0.1, -0.05) is 62.4 Å². The first-order chi connectivity index (χ1) is 21.5. The van der Waals surface area contributed by atoms with Gasteiger partial charge in [0.05, 0.1) is 0 Å². The van der Waals surface area contributed by atoms with E-state index in [4.69, 9.17) is 4.42 Å². The summed E-state index contributed by atoms with van der Waals surface area (Å²) in [5.41, 5.74) is 2.90. The van der Waals surface area contributed by atoms with Gasteiger partial charge in [-0.15, -0.1) is 6.58 Å². The van der Waals surface area contributed by atoms with Crippen molar-refractivity contribution in [2.24, 2.45) is 5.92 Å². The molecule has 2 heterocycles. The number of rotatable bonds is 7. The van der Waals surface area contributed by atoms with Crippen LogP contribution in [0.4, 0.5) is 30.6 Å². The van der Waals surface area contributed by atoms with Crippen molar-refractivity contribution in [3.05, 3.63) is 108 Å². The molecule has 1 saturated heterocycles. The summed E-state index contributed by atoms with van der Waals surface area (Å²) in [6.45, 7) is 10.3. The highest BCUT2D eigenvalue weighted by atomic mass is 19.4. The predicted octanol–water partition coefficient (Wildman–Crippen LogP) is 8.86. The summed E-state index contributed by atoms with van der Waals surface area (Å²) in [7, 11) is 0. The molecule has 2 amide bonds. The molecule has 0 saturated carbocycles. The van der Waals surface area contributed by atoms with Crippen molar-refractivity contribution < 1.29 is 27.2 Å². The van der Waals surface area contributed by atoms with Crippen LogP contribution in [0.1, 0.15) is 65.8 Å². The monoisotopic (exact) mass is 618 g/mol. The van der Waals surface area contributed by atoms with Crippen LogP contribution in [0.2, 0.25) is 0 Å². The first-order valence-corrected chi connectivity index (χ1v) is 14.8. The van der Waals surface area contributed by atoms with E-state index in [0.29, 0.717) is 24.3 Å². The number of carbonyl (C=O) groups is 2. The van der Waals surface area contributed by atoms with E-state index in [0.717, 1.165) is 41.6 Å². The number of nitrogens with zero attached hydrogens (tertiary/aromatic N) is 2. The van der Waals surface area contributed by atoms with Crippen LogP contribution < -0.4 is 15.5 Å². The van der Waals surface area contributed by atoms with Crippen molar-refractivity contribution in [2.45, 2.75) is 46.2 Å². The van der Waals surface area contributed by atoms with E-state index < -0.39 is 23.5 Å². The number of aryl methyl sites for hydroxylation is 1. The Labute approximate surface area is 261 Å². The average molecular weight is 619 g/mol. The standard InChI is InChI=1S/C32H31F3N4O3.C3H6/c1-3-21-8-4-5-9-26(21)37-29(40)24-12-10-22(11-13-24)23-14-16-25(17-15-23)36-30(41)27-28(32(33,34)35)38-31(42-27)39-18-6-7-20(2)19-39;1-3-2/h4-5,8-17,20H,3,6-7,18-19H2,1-2H3,(H,36,41)(H,37,40);3H,1H2,2H3. The number of hydrogen-bond acceptors (Lipinski definition) is 5. The molecular formula is C35H37F3N4O3. The molecule has 0 radical (unpaired) electrons. The largest absolute Gasteiger partial charge is 0.437 e. The Bertz CT molecular complexity index is 1610. The Balaban J connectivity index is 0.00000148. The summed E-state index contributed by atoms with van der Waals surface area (Å²) < 4.78 is 46.5. The minimum atomic E-state index is -4.85. The Hall–Kier alpha value is -4.86. The zero-order chi connectivity index (χ0) is 32.6. The number of oxazole rings is 1. The first-order valence-electron chi connectivity index (χ1n) is 14.8. The van der Waals surface area contributed by atoms with Crippen LogP contribution in [0, 0.1) is 5.92 Å². The number of amides is 2. The summed E-state index contributed by atoms with van der Waals surface area (Å²) in [5, 5.41) is 5.43. The molecule has 236 valence electrons. The van der Waals surface area contributed by atoms with Crippen molar-refractivity contribution >= 4 is 29.2 Å². The molecule has 1 fully saturated rings. The molecule has 1 unspecified atom stereocenters. The van der Waals surface area contributed by atoms with E-state index in [1.807, 2.05) is 45.0 Å². The van der Waals surface area contributed by atoms with Crippen LogP contribution in [0.5, 0.6) is 0 Å². The summed E-state index contributed by atoms with van der Waals surface area (Å²) in [6.07, 6.45) is -0.517. The van der Waals surface area contributed by atoms with Crippen LogP contribution in [-0.4, -0.2) is 29.9 Å². The second-order valence-electron chi connectivity index (χ2n) is 10.8. The normalized spacial score (nSPS) is 14.6. The fourth-order valence-electron chi connectivity index (χ4n) is 5.05. The van der Waals surface area contributed by atoms with Gasteiger partial charge >= 0.3 is 6.18 Å². The van der Waals surface area contributed by atoms with Gasteiger partial charge in [-0.3, -0.25) is 9.59 Å². The molecule has 1 aliphatic heterocycles. The third kappa shape index (κ3) is 8.41. The molecule has 0 aliphatic carbocycles. The van der Waals surface area contributed by atoms with Crippen LogP contribution >= 0.6 is 0 Å². The Morgan fingerprint density at radius 1 is 1.00 bits per heavy atom. The molecular weight excluding hydrogens is 581 g/mol. The second kappa shape index (κ2) is 14.7. The van der Waals surface area contributed by atoms with Gasteiger partial charge < -0.3 is 20.0 Å². The molecule has 1 atom stereocenters. The minimum Gasteiger partial charge on any atom is -0.417 e. The van der Waals surface area contributed by atoms with E-state index in [2.05, 4.69) is 22.2 Å². The van der Waals surface area contributed by atoms with Crippen molar-refractivity contribution in [1.82, 2.24) is 4.98 Å². The van der Waals surface area contributed by atoms with Crippen LogP contribution in [0.15, 0.2) is 89.9 Å². The van der Waals surface area contributed by atoms with E-state index in [1.165, 1.54) is 0 Å². The van der Waals surface area contributed by atoms with Gasteiger partial charge in [0, 0.05) is 30.0 Å². The second-order valence-corrected chi connectivity index (χ2v) is 10.8. The summed E-state index contributed by atoms with van der Waals surface area (Å²) in [4.78, 5) is 30.9. The maximum Gasteiger partial charge on any atom is 0.437 e. The zero-order valence-corrected chi connectivity index (χ0v) is 25.6. The highest BCUT2D eigenvalue weighted by Crippen LogP contribution is 2.35. The smallest absolute Gasteiger partial charge is 0.417 e. The molecule has 1 aromatic heterocycles. The molecule has 5 rings (SSSR count). The van der Waals surface area contributed by atoms with Gasteiger partial charge in [-0.25, -0.2) is 0 Å². The summed E-state index contributed by atoms with van der Waals surface area (Å²) >= 11 is 0. The molecule has 2 N–H and O–H groups in total. The van der Waals surface area contributed by atoms with Gasteiger partial charge in [0.15, 0.2) is 5.69 Å². The molecule has 1 aliphatic rings. The number of nitrogens with one attached hydrogen (secondary N) is 2. The zero-order valence-electron chi connectivity index (χ0n) is 25.6. The van der Waals surface area contributed by atoms with Crippen molar-refractivity contribution in [3.63, 3.8) is 0 Å². The van der Waals surface area contributed by atoms with Crippen molar-refractivity contribution in [1.29, 1.82) is 0 Å². The van der Waals surface area contributed by atoms with E-state index in [-0.39, 0.29) is 17.8 Å². The van der Waals surface area contributed by atoms with E-state index >= 15 is 0 Å². The highest BCUT2D eigenvalue weighted by molar-refractivity contribution is 6.05. The number of hydrogen-bond donors (Lipinski definition) is 2. The quantitative estimate of drug-likeness (QED) is 0.202. The summed E-state index contributed by atoms with van der Waals surface area (Å²) in [6, 6.07) is 21.1. The molecule has 7 nitrogen and oxygen atoms in total. The lowest BCUT2D eigenvalue weighted by atomic mass is 10.0. The van der Waals surface area contributed by atoms with Gasteiger partial charge in [0.25, 0.3) is 17.8 Å². The minimum absolute atomic E-state index is 0.193. The van der Waals surface area contributed by atoms with Gasteiger partial charge in [-0.05, 0) is 79.1 Å². The van der Waals surface area contributed by atoms with E-state index in [1.54, 1.807) is 59.5 Å². The number of aromatic nitrogens is 1. The van der Waals surface area contributed by atoms with Crippen LogP contribution in [-0.2, 0) is 12.6 Å². The van der Waals surface area contributed by atoms with Gasteiger partial charge in [0.2, 0.25) is 5.76 Å². The number of carbonyl (C=O) groups excluding carboxylic acids is 2. The van der Waals surface area contributed by atoms with Gasteiger partial charge in [0.1, 0.15) is 0 Å². The topological polar surface area (TPSA) is 87.5 Å². The average Bonchev–Trinajstić information content (AvgIpc) is 3.49. The number of anilines is 3. The lowest BCUT2D eigenvalue weighted by Crippen LogP contribution is -2.34.